The maximum atomic E-state index is 13.4. The molecule has 0 aliphatic heterocycles. The largest absolute Gasteiger partial charge is 0.442 e. The third kappa shape index (κ3) is 3.50. The fourth-order valence-corrected chi connectivity index (χ4v) is 3.69. The van der Waals surface area contributed by atoms with E-state index in [0.717, 1.165) is 6.26 Å². The van der Waals surface area contributed by atoms with Crippen LogP contribution in [-0.2, 0) is 9.84 Å². The van der Waals surface area contributed by atoms with Crippen LogP contribution >= 0.6 is 0 Å². The summed E-state index contributed by atoms with van der Waals surface area (Å²) >= 11 is 0. The number of aromatic nitrogens is 3. The number of nitrogens with two attached hydrogens (primary N) is 1. The first-order chi connectivity index (χ1) is 13.8. The molecule has 2 N–H and O–H groups in total. The van der Waals surface area contributed by atoms with Gasteiger partial charge in [0.15, 0.2) is 0 Å². The van der Waals surface area contributed by atoms with Crippen LogP contribution in [0, 0.1) is 12.7 Å². The molecule has 0 aliphatic carbocycles. The van der Waals surface area contributed by atoms with Gasteiger partial charge in [0.1, 0.15) is 11.6 Å². The van der Waals surface area contributed by atoms with E-state index in [-0.39, 0.29) is 22.4 Å². The number of fused-ring (bicyclic) bond motifs is 1. The van der Waals surface area contributed by atoms with Crippen molar-refractivity contribution in [3.05, 3.63) is 71.6 Å². The molecule has 0 fully saturated rings. The highest BCUT2D eigenvalue weighted by Crippen LogP contribution is 2.38. The SMILES string of the molecule is Cc1oc2nc(S(C)(=O)=O)nc(C(N)c3ccccn3)c2c1-c1ccc(F)cc1. The van der Waals surface area contributed by atoms with Crippen LogP contribution in [0.15, 0.2) is 58.2 Å². The zero-order chi connectivity index (χ0) is 20.8. The Morgan fingerprint density at radius 3 is 2.45 bits per heavy atom. The summed E-state index contributed by atoms with van der Waals surface area (Å²) in [6, 6.07) is 10.3. The van der Waals surface area contributed by atoms with Crippen molar-refractivity contribution in [2.45, 2.75) is 18.1 Å². The Hall–Kier alpha value is -3.17. The van der Waals surface area contributed by atoms with Crippen molar-refractivity contribution in [3.8, 4) is 11.1 Å². The van der Waals surface area contributed by atoms with Gasteiger partial charge < -0.3 is 10.2 Å². The monoisotopic (exact) mass is 412 g/mol. The first-order valence-corrected chi connectivity index (χ1v) is 10.6. The minimum Gasteiger partial charge on any atom is -0.442 e. The first-order valence-electron chi connectivity index (χ1n) is 8.69. The van der Waals surface area contributed by atoms with Gasteiger partial charge in [0.05, 0.1) is 22.8 Å². The van der Waals surface area contributed by atoms with Crippen molar-refractivity contribution < 1.29 is 17.2 Å². The molecule has 3 aromatic heterocycles. The van der Waals surface area contributed by atoms with Gasteiger partial charge in [0.25, 0.3) is 0 Å². The third-order valence-corrected chi connectivity index (χ3v) is 5.35. The fourth-order valence-electron chi connectivity index (χ4n) is 3.17. The van der Waals surface area contributed by atoms with Crippen LogP contribution in [-0.4, -0.2) is 29.6 Å². The molecule has 0 bridgehead atoms. The van der Waals surface area contributed by atoms with Gasteiger partial charge >= 0.3 is 0 Å². The molecule has 0 saturated carbocycles. The molecule has 0 aliphatic rings. The fraction of sp³-hybridized carbons (Fsp3) is 0.150. The maximum absolute atomic E-state index is 13.4. The van der Waals surface area contributed by atoms with Crippen LogP contribution in [0.25, 0.3) is 22.2 Å². The molecule has 3 heterocycles. The Kier molecular flexibility index (Phi) is 4.64. The van der Waals surface area contributed by atoms with Crippen LogP contribution in [0.2, 0.25) is 0 Å². The predicted octanol–water partition coefficient (Wildman–Crippen LogP) is 3.18. The lowest BCUT2D eigenvalue weighted by atomic mass is 9.99. The second-order valence-corrected chi connectivity index (χ2v) is 8.53. The second kappa shape index (κ2) is 7.02. The minimum atomic E-state index is -3.71. The summed E-state index contributed by atoms with van der Waals surface area (Å²) in [6.07, 6.45) is 2.60. The maximum Gasteiger partial charge on any atom is 0.250 e. The summed E-state index contributed by atoms with van der Waals surface area (Å²) in [7, 11) is -3.71. The van der Waals surface area contributed by atoms with E-state index in [2.05, 4.69) is 15.0 Å². The van der Waals surface area contributed by atoms with E-state index in [4.69, 9.17) is 10.2 Å². The molecule has 0 amide bonds. The molecule has 1 aromatic carbocycles. The summed E-state index contributed by atoms with van der Waals surface area (Å²) in [4.78, 5) is 12.6. The van der Waals surface area contributed by atoms with E-state index >= 15 is 0 Å². The third-order valence-electron chi connectivity index (χ3n) is 4.50. The molecule has 1 unspecified atom stereocenters. The Morgan fingerprint density at radius 2 is 1.83 bits per heavy atom. The lowest BCUT2D eigenvalue weighted by molar-refractivity contribution is 0.556. The molecule has 0 saturated heterocycles. The van der Waals surface area contributed by atoms with Crippen LogP contribution in [0.4, 0.5) is 4.39 Å². The predicted molar refractivity (Wildman–Crippen MR) is 105 cm³/mol. The Bertz CT molecular complexity index is 1300. The van der Waals surface area contributed by atoms with Crippen molar-refractivity contribution in [1.82, 2.24) is 15.0 Å². The van der Waals surface area contributed by atoms with Crippen LogP contribution in [0.5, 0.6) is 0 Å². The topological polar surface area (TPSA) is 112 Å². The first kappa shape index (κ1) is 19.2. The van der Waals surface area contributed by atoms with Crippen molar-refractivity contribution in [3.63, 3.8) is 0 Å². The number of halogens is 1. The average Bonchev–Trinajstić information content (AvgIpc) is 3.03. The van der Waals surface area contributed by atoms with Gasteiger partial charge in [-0.25, -0.2) is 17.8 Å². The summed E-state index contributed by atoms with van der Waals surface area (Å²) in [5, 5.41) is 0.0884. The Labute approximate surface area is 166 Å². The highest BCUT2D eigenvalue weighted by Gasteiger charge is 2.27. The number of benzene rings is 1. The quantitative estimate of drug-likeness (QED) is 0.512. The standard InChI is InChI=1S/C20H17FN4O3S/c1-11-15(12-6-8-13(21)9-7-12)16-18(17(22)14-5-3-4-10-23-14)24-20(29(2,26)27)25-19(16)28-11/h3-10,17H,22H2,1-2H3. The van der Waals surface area contributed by atoms with Crippen molar-refractivity contribution in [2.75, 3.05) is 6.26 Å². The minimum absolute atomic E-state index is 0.0960. The molecule has 1 atom stereocenters. The number of hydrogen-bond acceptors (Lipinski definition) is 7. The molecule has 29 heavy (non-hydrogen) atoms. The zero-order valence-electron chi connectivity index (χ0n) is 15.6. The van der Waals surface area contributed by atoms with Gasteiger partial charge in [-0.1, -0.05) is 18.2 Å². The van der Waals surface area contributed by atoms with Gasteiger partial charge in [-0.2, -0.15) is 4.98 Å². The van der Waals surface area contributed by atoms with E-state index in [1.54, 1.807) is 43.5 Å². The average molecular weight is 412 g/mol. The lowest BCUT2D eigenvalue weighted by Gasteiger charge is -2.13. The van der Waals surface area contributed by atoms with Crippen LogP contribution in [0.3, 0.4) is 0 Å². The van der Waals surface area contributed by atoms with Gasteiger partial charge in [0, 0.05) is 18.0 Å². The number of nitrogens with zero attached hydrogens (tertiary/aromatic N) is 3. The number of furan rings is 1. The summed E-state index contributed by atoms with van der Waals surface area (Å²) < 4.78 is 43.4. The van der Waals surface area contributed by atoms with Crippen LogP contribution in [0.1, 0.15) is 23.2 Å². The zero-order valence-corrected chi connectivity index (χ0v) is 16.4. The number of aryl methyl sites for hydroxylation is 1. The molecule has 4 aromatic rings. The van der Waals surface area contributed by atoms with E-state index in [1.807, 2.05) is 0 Å². The summed E-state index contributed by atoms with van der Waals surface area (Å²) in [5.41, 5.74) is 8.60. The van der Waals surface area contributed by atoms with Gasteiger partial charge in [0.2, 0.25) is 20.7 Å². The van der Waals surface area contributed by atoms with E-state index in [0.29, 0.717) is 28.0 Å². The second-order valence-electron chi connectivity index (χ2n) is 6.62. The van der Waals surface area contributed by atoms with Crippen molar-refractivity contribution in [2.24, 2.45) is 5.73 Å². The van der Waals surface area contributed by atoms with Crippen LogP contribution < -0.4 is 5.73 Å². The molecule has 0 radical (unpaired) electrons. The van der Waals surface area contributed by atoms with Gasteiger partial charge in [-0.05, 0) is 36.8 Å². The highest BCUT2D eigenvalue weighted by molar-refractivity contribution is 7.90. The highest BCUT2D eigenvalue weighted by atomic mass is 32.2. The number of hydrogen-bond donors (Lipinski definition) is 1. The van der Waals surface area contributed by atoms with E-state index in [9.17, 15) is 12.8 Å². The molecule has 0 spiro atoms. The number of pyridine rings is 1. The molecule has 148 valence electrons. The van der Waals surface area contributed by atoms with E-state index in [1.165, 1.54) is 12.1 Å². The smallest absolute Gasteiger partial charge is 0.250 e. The molecule has 9 heteroatoms. The van der Waals surface area contributed by atoms with Gasteiger partial charge in [-0.3, -0.25) is 4.98 Å². The molecular formula is C20H17FN4O3S. The number of rotatable bonds is 4. The van der Waals surface area contributed by atoms with Crippen molar-refractivity contribution >= 4 is 20.9 Å². The lowest BCUT2D eigenvalue weighted by Crippen LogP contribution is -2.18. The molecule has 7 nitrogen and oxygen atoms in total. The normalized spacial score (nSPS) is 13.0. The van der Waals surface area contributed by atoms with Crippen molar-refractivity contribution in [1.29, 1.82) is 0 Å². The molecular weight excluding hydrogens is 395 g/mol. The van der Waals surface area contributed by atoms with Gasteiger partial charge in [-0.15, -0.1) is 0 Å². The Morgan fingerprint density at radius 1 is 1.10 bits per heavy atom. The van der Waals surface area contributed by atoms with E-state index < -0.39 is 15.9 Å². The Balaban J connectivity index is 2.06. The summed E-state index contributed by atoms with van der Waals surface area (Å²) in [5.74, 6) is 0.112. The summed E-state index contributed by atoms with van der Waals surface area (Å²) in [6.45, 7) is 1.72. The number of sulfone groups is 1. The molecule has 4 rings (SSSR count).